The molecule has 1 atom stereocenters. The predicted octanol–water partition coefficient (Wildman–Crippen LogP) is 2.83. The Morgan fingerprint density at radius 1 is 1.30 bits per heavy atom. The van der Waals surface area contributed by atoms with Gasteiger partial charge in [0.2, 0.25) is 15.9 Å². The molecule has 23 heavy (non-hydrogen) atoms. The third-order valence-electron chi connectivity index (χ3n) is 3.54. The molecule has 2 aromatic rings. The maximum absolute atomic E-state index is 13.3. The van der Waals surface area contributed by atoms with E-state index in [9.17, 15) is 12.8 Å². The summed E-state index contributed by atoms with van der Waals surface area (Å²) in [4.78, 5) is 4.07. The van der Waals surface area contributed by atoms with E-state index in [4.69, 9.17) is 4.74 Å². The fourth-order valence-corrected chi connectivity index (χ4v) is 4.27. The summed E-state index contributed by atoms with van der Waals surface area (Å²) in [6, 6.07) is 8.59. The van der Waals surface area contributed by atoms with Gasteiger partial charge in [0.25, 0.3) is 0 Å². The van der Waals surface area contributed by atoms with Gasteiger partial charge in [0.05, 0.1) is 15.9 Å². The van der Waals surface area contributed by atoms with Crippen molar-refractivity contribution in [2.45, 2.75) is 17.4 Å². The van der Waals surface area contributed by atoms with Crippen LogP contribution in [0.4, 0.5) is 4.39 Å². The lowest BCUT2D eigenvalue weighted by atomic mass is 10.3. The molecular weight excluding hydrogens is 387 g/mol. The molecule has 1 unspecified atom stereocenters. The van der Waals surface area contributed by atoms with Gasteiger partial charge in [0.15, 0.2) is 0 Å². The van der Waals surface area contributed by atoms with Crippen molar-refractivity contribution >= 4 is 26.0 Å². The second kappa shape index (κ2) is 6.54. The zero-order valence-electron chi connectivity index (χ0n) is 12.0. The van der Waals surface area contributed by atoms with Crippen LogP contribution in [-0.2, 0) is 10.0 Å². The highest BCUT2D eigenvalue weighted by Crippen LogP contribution is 2.27. The van der Waals surface area contributed by atoms with Gasteiger partial charge in [-0.3, -0.25) is 0 Å². The summed E-state index contributed by atoms with van der Waals surface area (Å²) in [6.45, 7) is 0.538. The van der Waals surface area contributed by atoms with Crippen molar-refractivity contribution in [1.82, 2.24) is 9.29 Å². The number of hydrogen-bond acceptors (Lipinski definition) is 4. The third-order valence-corrected chi connectivity index (χ3v) is 6.01. The highest BCUT2D eigenvalue weighted by molar-refractivity contribution is 9.10. The van der Waals surface area contributed by atoms with Gasteiger partial charge in [-0.1, -0.05) is 6.07 Å². The molecular formula is C15H14BrFN2O3S. The molecule has 0 N–H and O–H groups in total. The number of pyridine rings is 1. The summed E-state index contributed by atoms with van der Waals surface area (Å²) in [6.07, 6.45) is 1.87. The van der Waals surface area contributed by atoms with Crippen molar-refractivity contribution in [2.24, 2.45) is 0 Å². The number of rotatable bonds is 4. The van der Waals surface area contributed by atoms with Gasteiger partial charge in [-0.05, 0) is 52.7 Å². The van der Waals surface area contributed by atoms with Crippen LogP contribution in [0.3, 0.4) is 0 Å². The van der Waals surface area contributed by atoms with Gasteiger partial charge in [-0.2, -0.15) is 4.31 Å². The average molecular weight is 401 g/mol. The second-order valence-corrected chi connectivity index (χ2v) is 7.93. The van der Waals surface area contributed by atoms with Gasteiger partial charge >= 0.3 is 0 Å². The highest BCUT2D eigenvalue weighted by Gasteiger charge is 2.34. The quantitative estimate of drug-likeness (QED) is 0.791. The van der Waals surface area contributed by atoms with Crippen molar-refractivity contribution in [3.63, 3.8) is 0 Å². The standard InChI is InChI=1S/C15H14BrFN2O3S/c16-14-5-2-7-18-15(14)22-12-6-8-19(10-12)23(20,21)13-4-1-3-11(17)9-13/h1-5,7,9,12H,6,8,10H2. The van der Waals surface area contributed by atoms with Crippen molar-refractivity contribution in [1.29, 1.82) is 0 Å². The van der Waals surface area contributed by atoms with Crippen LogP contribution in [0.5, 0.6) is 5.88 Å². The van der Waals surface area contributed by atoms with Gasteiger partial charge in [0.1, 0.15) is 11.9 Å². The highest BCUT2D eigenvalue weighted by atomic mass is 79.9. The number of sulfonamides is 1. The molecule has 0 radical (unpaired) electrons. The first kappa shape index (κ1) is 16.4. The minimum atomic E-state index is -3.72. The molecule has 1 aromatic carbocycles. The van der Waals surface area contributed by atoms with E-state index < -0.39 is 15.8 Å². The fraction of sp³-hybridized carbons (Fsp3) is 0.267. The first-order chi connectivity index (χ1) is 11.0. The molecule has 0 aliphatic carbocycles. The van der Waals surface area contributed by atoms with Gasteiger partial charge in [0, 0.05) is 12.7 Å². The molecule has 2 heterocycles. The van der Waals surface area contributed by atoms with Crippen LogP contribution in [0.2, 0.25) is 0 Å². The summed E-state index contributed by atoms with van der Waals surface area (Å²) in [5.41, 5.74) is 0. The lowest BCUT2D eigenvalue weighted by Gasteiger charge is -2.17. The third kappa shape index (κ3) is 3.54. The van der Waals surface area contributed by atoms with Crippen LogP contribution in [0, 0.1) is 5.82 Å². The Kier molecular flexibility index (Phi) is 4.65. The fourth-order valence-electron chi connectivity index (χ4n) is 2.40. The topological polar surface area (TPSA) is 59.5 Å². The van der Waals surface area contributed by atoms with E-state index in [1.54, 1.807) is 18.3 Å². The van der Waals surface area contributed by atoms with Crippen molar-refractivity contribution in [2.75, 3.05) is 13.1 Å². The minimum absolute atomic E-state index is 0.0443. The number of hydrogen-bond donors (Lipinski definition) is 0. The van der Waals surface area contributed by atoms with Crippen molar-refractivity contribution < 1.29 is 17.5 Å². The largest absolute Gasteiger partial charge is 0.472 e. The van der Waals surface area contributed by atoms with E-state index in [2.05, 4.69) is 20.9 Å². The molecule has 1 aliphatic heterocycles. The second-order valence-electron chi connectivity index (χ2n) is 5.14. The molecule has 1 aromatic heterocycles. The van der Waals surface area contributed by atoms with Crippen molar-refractivity contribution in [3.8, 4) is 5.88 Å². The Morgan fingerprint density at radius 3 is 2.87 bits per heavy atom. The molecule has 122 valence electrons. The zero-order valence-corrected chi connectivity index (χ0v) is 14.4. The molecule has 0 bridgehead atoms. The molecule has 3 rings (SSSR count). The lowest BCUT2D eigenvalue weighted by molar-refractivity contribution is 0.205. The van der Waals surface area contributed by atoms with Crippen LogP contribution in [0.1, 0.15) is 6.42 Å². The van der Waals surface area contributed by atoms with Crippen LogP contribution in [0.25, 0.3) is 0 Å². The van der Waals surface area contributed by atoms with Crippen molar-refractivity contribution in [3.05, 3.63) is 52.9 Å². The Bertz CT molecular complexity index is 816. The maximum atomic E-state index is 13.3. The molecule has 1 fully saturated rings. The zero-order chi connectivity index (χ0) is 16.4. The van der Waals surface area contributed by atoms with Gasteiger partial charge in [-0.25, -0.2) is 17.8 Å². The Balaban J connectivity index is 1.73. The smallest absolute Gasteiger partial charge is 0.243 e. The van der Waals surface area contributed by atoms with E-state index in [1.165, 1.54) is 22.5 Å². The summed E-state index contributed by atoms with van der Waals surface area (Å²) in [5, 5.41) is 0. The number of aromatic nitrogens is 1. The molecule has 0 saturated carbocycles. The van der Waals surface area contributed by atoms with E-state index in [-0.39, 0.29) is 17.5 Å². The molecule has 0 spiro atoms. The number of benzene rings is 1. The number of ether oxygens (including phenoxy) is 1. The number of nitrogens with zero attached hydrogens (tertiary/aromatic N) is 2. The average Bonchev–Trinajstić information content (AvgIpc) is 2.99. The summed E-state index contributed by atoms with van der Waals surface area (Å²) in [7, 11) is -3.72. The maximum Gasteiger partial charge on any atom is 0.243 e. The summed E-state index contributed by atoms with van der Waals surface area (Å²) >= 11 is 3.34. The van der Waals surface area contributed by atoms with E-state index in [1.807, 2.05) is 0 Å². The van der Waals surface area contributed by atoms with Gasteiger partial charge in [-0.15, -0.1) is 0 Å². The Morgan fingerprint density at radius 2 is 2.13 bits per heavy atom. The lowest BCUT2D eigenvalue weighted by Crippen LogP contribution is -2.31. The first-order valence-corrected chi connectivity index (χ1v) is 9.23. The van der Waals surface area contributed by atoms with Gasteiger partial charge < -0.3 is 4.74 Å². The van der Waals surface area contributed by atoms with Crippen LogP contribution in [-0.4, -0.2) is 36.9 Å². The van der Waals surface area contributed by atoms with Crippen LogP contribution in [0.15, 0.2) is 52.0 Å². The summed E-state index contributed by atoms with van der Waals surface area (Å²) in [5.74, 6) is -0.141. The Labute approximate surface area is 142 Å². The first-order valence-electron chi connectivity index (χ1n) is 7.00. The molecule has 0 amide bonds. The number of halogens is 2. The molecule has 1 saturated heterocycles. The minimum Gasteiger partial charge on any atom is -0.472 e. The monoisotopic (exact) mass is 400 g/mol. The molecule has 8 heteroatoms. The van der Waals surface area contributed by atoms with Crippen LogP contribution < -0.4 is 4.74 Å². The molecule has 1 aliphatic rings. The van der Waals surface area contributed by atoms with E-state index in [0.717, 1.165) is 6.07 Å². The molecule has 5 nitrogen and oxygen atoms in total. The van der Waals surface area contributed by atoms with E-state index in [0.29, 0.717) is 23.3 Å². The predicted molar refractivity (Wildman–Crippen MR) is 86.1 cm³/mol. The SMILES string of the molecule is O=S(=O)(c1cccc(F)c1)N1CCC(Oc2ncccc2Br)C1. The summed E-state index contributed by atoms with van der Waals surface area (Å²) < 4.78 is 46.1. The van der Waals surface area contributed by atoms with E-state index >= 15 is 0 Å². The van der Waals surface area contributed by atoms with Crippen LogP contribution >= 0.6 is 15.9 Å². The Hall–Kier alpha value is -1.51. The normalized spacial score (nSPS) is 19.0.